The van der Waals surface area contributed by atoms with E-state index in [-0.39, 0.29) is 12.0 Å². The van der Waals surface area contributed by atoms with Crippen LogP contribution in [0.1, 0.15) is 0 Å². The van der Waals surface area contributed by atoms with Crippen LogP contribution in [0.4, 0.5) is 0 Å². The van der Waals surface area contributed by atoms with Crippen LogP contribution in [0.3, 0.4) is 0 Å². The first-order valence-corrected chi connectivity index (χ1v) is 9.40. The van der Waals surface area contributed by atoms with Crippen molar-refractivity contribution in [3.63, 3.8) is 0 Å². The average Bonchev–Trinajstić information content (AvgIpc) is 2.70. The maximum Gasteiger partial charge on any atom is 0.230 e. The third kappa shape index (κ3) is 3.91. The zero-order valence-electron chi connectivity index (χ0n) is 14.1. The van der Waals surface area contributed by atoms with Gasteiger partial charge in [0.25, 0.3) is 0 Å². The number of amides is 1. The summed E-state index contributed by atoms with van der Waals surface area (Å²) < 4.78 is 11.5. The molecule has 2 heterocycles. The van der Waals surface area contributed by atoms with Crippen LogP contribution in [0.15, 0.2) is 65.7 Å². The number of hydrogen-bond acceptors (Lipinski definition) is 5. The summed E-state index contributed by atoms with van der Waals surface area (Å²) >= 11 is 1.42. The number of nitrogens with one attached hydrogen (secondary N) is 1. The lowest BCUT2D eigenvalue weighted by molar-refractivity contribution is -0.119. The van der Waals surface area contributed by atoms with Crippen LogP contribution in [0.2, 0.25) is 0 Å². The summed E-state index contributed by atoms with van der Waals surface area (Å²) in [6, 6.07) is 19.4. The van der Waals surface area contributed by atoms with Gasteiger partial charge >= 0.3 is 0 Å². The molecule has 1 aliphatic rings. The molecule has 3 aromatic rings. The molecule has 1 amide bonds. The molecule has 26 heavy (non-hydrogen) atoms. The number of ether oxygens (including phenoxy) is 2. The number of fused-ring (bicyclic) bond motifs is 2. The molecule has 4 rings (SSSR count). The Morgan fingerprint density at radius 1 is 1.08 bits per heavy atom. The number of hydrogen-bond donors (Lipinski definition) is 1. The number of carbonyl (C=O) groups excluding carboxylic acids is 1. The molecule has 0 radical (unpaired) electrons. The Morgan fingerprint density at radius 3 is 2.81 bits per heavy atom. The van der Waals surface area contributed by atoms with Crippen molar-refractivity contribution in [2.24, 2.45) is 0 Å². The second-order valence-electron chi connectivity index (χ2n) is 5.93. The van der Waals surface area contributed by atoms with Crippen molar-refractivity contribution in [2.45, 2.75) is 11.1 Å². The molecule has 132 valence electrons. The number of carbonyl (C=O) groups is 1. The molecule has 1 atom stereocenters. The van der Waals surface area contributed by atoms with E-state index >= 15 is 0 Å². The minimum absolute atomic E-state index is 0.0487. The van der Waals surface area contributed by atoms with Gasteiger partial charge in [-0.2, -0.15) is 0 Å². The van der Waals surface area contributed by atoms with Crippen LogP contribution in [0, 0.1) is 0 Å². The van der Waals surface area contributed by atoms with E-state index in [1.807, 2.05) is 60.7 Å². The normalized spacial score (nSPS) is 15.6. The summed E-state index contributed by atoms with van der Waals surface area (Å²) in [7, 11) is 0. The molecule has 1 N–H and O–H groups in total. The van der Waals surface area contributed by atoms with E-state index < -0.39 is 0 Å². The molecule has 1 aromatic heterocycles. The Hall–Kier alpha value is -2.73. The number of nitrogens with zero attached hydrogens (tertiary/aromatic N) is 1. The molecule has 0 aliphatic carbocycles. The Bertz CT molecular complexity index is 932. The van der Waals surface area contributed by atoms with Gasteiger partial charge < -0.3 is 14.8 Å². The summed E-state index contributed by atoms with van der Waals surface area (Å²) in [6.45, 7) is 0.843. The van der Waals surface area contributed by atoms with E-state index in [0.29, 0.717) is 24.7 Å². The maximum atomic E-state index is 12.1. The van der Waals surface area contributed by atoms with Crippen LogP contribution in [-0.4, -0.2) is 35.9 Å². The molecule has 0 fully saturated rings. The van der Waals surface area contributed by atoms with E-state index in [2.05, 4.69) is 10.3 Å². The van der Waals surface area contributed by atoms with E-state index in [1.54, 1.807) is 0 Å². The second-order valence-corrected chi connectivity index (χ2v) is 6.93. The fourth-order valence-electron chi connectivity index (χ4n) is 2.71. The Balaban J connectivity index is 1.26. The first-order valence-electron chi connectivity index (χ1n) is 8.42. The van der Waals surface area contributed by atoms with E-state index in [0.717, 1.165) is 21.7 Å². The summed E-state index contributed by atoms with van der Waals surface area (Å²) in [5.41, 5.74) is 0.935. The second kappa shape index (κ2) is 7.66. The highest BCUT2D eigenvalue weighted by atomic mass is 32.2. The summed E-state index contributed by atoms with van der Waals surface area (Å²) in [6.07, 6.45) is -0.183. The fraction of sp³-hybridized carbons (Fsp3) is 0.200. The van der Waals surface area contributed by atoms with Crippen LogP contribution in [0.25, 0.3) is 10.9 Å². The largest absolute Gasteiger partial charge is 0.486 e. The topological polar surface area (TPSA) is 60.5 Å². The molecule has 0 spiro atoms. The van der Waals surface area contributed by atoms with Gasteiger partial charge in [0, 0.05) is 5.39 Å². The van der Waals surface area contributed by atoms with Gasteiger partial charge in [-0.05, 0) is 24.3 Å². The number of thioether (sulfide) groups is 1. The Kier molecular flexibility index (Phi) is 4.93. The number of benzene rings is 2. The van der Waals surface area contributed by atoms with Gasteiger partial charge in [-0.25, -0.2) is 4.98 Å². The molecule has 1 unspecified atom stereocenters. The number of rotatable bonds is 5. The third-order valence-corrected chi connectivity index (χ3v) is 4.95. The van der Waals surface area contributed by atoms with Gasteiger partial charge in [0.2, 0.25) is 5.91 Å². The molecule has 0 bridgehead atoms. The maximum absolute atomic E-state index is 12.1. The van der Waals surface area contributed by atoms with Crippen molar-refractivity contribution in [1.82, 2.24) is 10.3 Å². The van der Waals surface area contributed by atoms with Crippen molar-refractivity contribution < 1.29 is 14.3 Å². The van der Waals surface area contributed by atoms with Crippen LogP contribution in [-0.2, 0) is 4.79 Å². The zero-order chi connectivity index (χ0) is 17.8. The molecule has 5 nitrogen and oxygen atoms in total. The minimum atomic E-state index is -0.183. The Morgan fingerprint density at radius 2 is 1.88 bits per heavy atom. The van der Waals surface area contributed by atoms with Crippen molar-refractivity contribution in [2.75, 3.05) is 18.9 Å². The summed E-state index contributed by atoms with van der Waals surface area (Å²) in [5, 5.41) is 4.83. The van der Waals surface area contributed by atoms with Gasteiger partial charge in [0.15, 0.2) is 11.5 Å². The zero-order valence-corrected chi connectivity index (χ0v) is 14.9. The molecule has 0 saturated heterocycles. The average molecular weight is 366 g/mol. The molecule has 0 saturated carbocycles. The van der Waals surface area contributed by atoms with E-state index in [1.165, 1.54) is 11.8 Å². The number of pyridine rings is 1. The minimum Gasteiger partial charge on any atom is -0.486 e. The highest BCUT2D eigenvalue weighted by Gasteiger charge is 2.21. The van der Waals surface area contributed by atoms with E-state index in [4.69, 9.17) is 9.47 Å². The molecule has 1 aliphatic heterocycles. The predicted octanol–water partition coefficient (Wildman–Crippen LogP) is 3.28. The SMILES string of the molecule is O=C(CSc1ccc2ccccc2n1)NCC1COc2ccccc2O1. The van der Waals surface area contributed by atoms with Gasteiger partial charge in [0.1, 0.15) is 12.7 Å². The van der Waals surface area contributed by atoms with Crippen molar-refractivity contribution >= 4 is 28.6 Å². The lowest BCUT2D eigenvalue weighted by Crippen LogP contribution is -2.41. The predicted molar refractivity (Wildman–Crippen MR) is 102 cm³/mol. The molecular formula is C20H18N2O3S. The summed E-state index contributed by atoms with van der Waals surface area (Å²) in [5.74, 6) is 1.73. The summed E-state index contributed by atoms with van der Waals surface area (Å²) in [4.78, 5) is 16.7. The standard InChI is InChI=1S/C20H18N2O3S/c23-19(13-26-20-10-9-14-5-1-2-6-16(14)22-20)21-11-15-12-24-17-7-3-4-8-18(17)25-15/h1-10,15H,11-13H2,(H,21,23). The third-order valence-electron chi connectivity index (χ3n) is 4.02. The highest BCUT2D eigenvalue weighted by molar-refractivity contribution is 7.99. The molecular weight excluding hydrogens is 348 g/mol. The van der Waals surface area contributed by atoms with Crippen LogP contribution < -0.4 is 14.8 Å². The quantitative estimate of drug-likeness (QED) is 0.702. The number of aromatic nitrogens is 1. The highest BCUT2D eigenvalue weighted by Crippen LogP contribution is 2.30. The van der Waals surface area contributed by atoms with Gasteiger partial charge in [-0.15, -0.1) is 0 Å². The molecule has 2 aromatic carbocycles. The molecule has 6 heteroatoms. The van der Waals surface area contributed by atoms with Crippen molar-refractivity contribution in [3.05, 3.63) is 60.7 Å². The van der Waals surface area contributed by atoms with Crippen molar-refractivity contribution in [1.29, 1.82) is 0 Å². The Labute approximate surface area is 155 Å². The lowest BCUT2D eigenvalue weighted by Gasteiger charge is -2.26. The smallest absolute Gasteiger partial charge is 0.230 e. The number of para-hydroxylation sites is 3. The monoisotopic (exact) mass is 366 g/mol. The van der Waals surface area contributed by atoms with Gasteiger partial charge in [-0.3, -0.25) is 4.79 Å². The van der Waals surface area contributed by atoms with Crippen molar-refractivity contribution in [3.8, 4) is 11.5 Å². The first kappa shape index (κ1) is 16.7. The van der Waals surface area contributed by atoms with Gasteiger partial charge in [-0.1, -0.05) is 48.2 Å². The first-order chi connectivity index (χ1) is 12.8. The van der Waals surface area contributed by atoms with Gasteiger partial charge in [0.05, 0.1) is 22.8 Å². The van der Waals surface area contributed by atoms with E-state index in [9.17, 15) is 4.79 Å². The lowest BCUT2D eigenvalue weighted by atomic mass is 10.2. The fourth-order valence-corrected chi connectivity index (χ4v) is 3.42. The van der Waals surface area contributed by atoms with Crippen LogP contribution >= 0.6 is 11.8 Å². The van der Waals surface area contributed by atoms with Crippen LogP contribution in [0.5, 0.6) is 11.5 Å².